The van der Waals surface area contributed by atoms with Crippen LogP contribution in [0.1, 0.15) is 19.3 Å². The maximum absolute atomic E-state index is 13.2. The Bertz CT molecular complexity index is 374. The first-order valence-electron chi connectivity index (χ1n) is 5.29. The number of rotatable bonds is 4. The van der Waals surface area contributed by atoms with Crippen molar-refractivity contribution in [3.05, 3.63) is 29.0 Å². The summed E-state index contributed by atoms with van der Waals surface area (Å²) in [6.45, 7) is 0.638. The summed E-state index contributed by atoms with van der Waals surface area (Å²) in [4.78, 5) is 0. The molecule has 4 heteroatoms. The Labute approximate surface area is 108 Å². The van der Waals surface area contributed by atoms with E-state index in [-0.39, 0.29) is 10.4 Å². The topological polar surface area (TPSA) is 9.23 Å². The number of hydrogen-bond acceptors (Lipinski definition) is 1. The Hall–Kier alpha value is -0.280. The molecule has 0 heterocycles. The van der Waals surface area contributed by atoms with E-state index < -0.39 is 5.82 Å². The molecule has 1 nitrogen and oxygen atoms in total. The van der Waals surface area contributed by atoms with Crippen molar-refractivity contribution >= 4 is 27.5 Å². The van der Waals surface area contributed by atoms with Gasteiger partial charge in [0, 0.05) is 16.8 Å². The first kappa shape index (κ1) is 12.2. The normalized spacial score (nSPS) is 17.9. The number of halogens is 3. The minimum Gasteiger partial charge on any atom is -0.493 e. The van der Waals surface area contributed by atoms with Crippen molar-refractivity contribution in [2.75, 3.05) is 11.9 Å². The van der Waals surface area contributed by atoms with Gasteiger partial charge in [0.25, 0.3) is 0 Å². The third-order valence-electron chi connectivity index (χ3n) is 3.13. The van der Waals surface area contributed by atoms with Gasteiger partial charge in [-0.1, -0.05) is 34.0 Å². The molecule has 1 fully saturated rings. The van der Waals surface area contributed by atoms with Crippen molar-refractivity contribution in [2.24, 2.45) is 5.41 Å². The van der Waals surface area contributed by atoms with Gasteiger partial charge in [0.1, 0.15) is 11.6 Å². The summed E-state index contributed by atoms with van der Waals surface area (Å²) in [6.07, 6.45) is 3.60. The number of benzene rings is 1. The predicted octanol–water partition coefficient (Wildman–Crippen LogP) is 4.42. The Kier molecular flexibility index (Phi) is 3.75. The molecule has 1 aliphatic rings. The minimum absolute atomic E-state index is 0.131. The number of ether oxygens (including phenoxy) is 1. The van der Waals surface area contributed by atoms with E-state index in [2.05, 4.69) is 15.9 Å². The molecule has 0 aliphatic heterocycles. The molecule has 0 spiro atoms. The van der Waals surface area contributed by atoms with Crippen LogP contribution in [0.2, 0.25) is 5.02 Å². The molecule has 0 saturated heterocycles. The first-order valence-corrected chi connectivity index (χ1v) is 6.79. The molecule has 1 saturated carbocycles. The van der Waals surface area contributed by atoms with Crippen molar-refractivity contribution in [1.29, 1.82) is 0 Å². The van der Waals surface area contributed by atoms with Crippen molar-refractivity contribution in [2.45, 2.75) is 19.3 Å². The Morgan fingerprint density at radius 3 is 2.69 bits per heavy atom. The van der Waals surface area contributed by atoms with E-state index in [0.29, 0.717) is 12.4 Å². The molecule has 0 unspecified atom stereocenters. The second-order valence-electron chi connectivity index (χ2n) is 4.35. The number of alkyl halides is 1. The quantitative estimate of drug-likeness (QED) is 0.748. The largest absolute Gasteiger partial charge is 0.493 e. The van der Waals surface area contributed by atoms with Gasteiger partial charge in [-0.05, 0) is 25.0 Å². The van der Waals surface area contributed by atoms with Gasteiger partial charge >= 0.3 is 0 Å². The van der Waals surface area contributed by atoms with Crippen LogP contribution in [0.15, 0.2) is 18.2 Å². The minimum atomic E-state index is -0.430. The molecular weight excluding hydrogens is 294 g/mol. The van der Waals surface area contributed by atoms with Crippen molar-refractivity contribution < 1.29 is 9.13 Å². The predicted molar refractivity (Wildman–Crippen MR) is 67.0 cm³/mol. The van der Waals surface area contributed by atoms with Crippen LogP contribution in [-0.2, 0) is 0 Å². The van der Waals surface area contributed by atoms with E-state index in [0.717, 1.165) is 5.33 Å². The average Bonchev–Trinajstić information content (AvgIpc) is 2.22. The molecule has 0 N–H and O–H groups in total. The lowest BCUT2D eigenvalue weighted by Crippen LogP contribution is -2.37. The first-order chi connectivity index (χ1) is 7.65. The Balaban J connectivity index is 1.96. The fourth-order valence-electron chi connectivity index (χ4n) is 1.80. The summed E-state index contributed by atoms with van der Waals surface area (Å²) < 4.78 is 18.8. The van der Waals surface area contributed by atoms with Crippen LogP contribution in [0, 0.1) is 11.2 Å². The molecule has 1 aromatic carbocycles. The monoisotopic (exact) mass is 306 g/mol. The molecule has 0 amide bonds. The molecule has 1 aromatic rings. The summed E-state index contributed by atoms with van der Waals surface area (Å²) in [7, 11) is 0. The van der Waals surface area contributed by atoms with Crippen molar-refractivity contribution in [1.82, 2.24) is 0 Å². The highest BCUT2D eigenvalue weighted by molar-refractivity contribution is 9.09. The van der Waals surface area contributed by atoms with Gasteiger partial charge in [0.2, 0.25) is 0 Å². The zero-order valence-electron chi connectivity index (χ0n) is 8.81. The molecule has 1 aliphatic carbocycles. The molecule has 0 atom stereocenters. The third kappa shape index (κ3) is 2.51. The summed E-state index contributed by atoms with van der Waals surface area (Å²) in [5.41, 5.74) is 0.246. The van der Waals surface area contributed by atoms with Crippen LogP contribution in [0.4, 0.5) is 4.39 Å². The van der Waals surface area contributed by atoms with Crippen LogP contribution in [0.25, 0.3) is 0 Å². The van der Waals surface area contributed by atoms with Gasteiger partial charge in [0.05, 0.1) is 11.6 Å². The maximum atomic E-state index is 13.2. The van der Waals surface area contributed by atoms with E-state index >= 15 is 0 Å². The number of hydrogen-bond donors (Lipinski definition) is 0. The zero-order chi connectivity index (χ0) is 11.6. The van der Waals surface area contributed by atoms with E-state index in [1.165, 1.54) is 31.4 Å². The van der Waals surface area contributed by atoms with E-state index in [4.69, 9.17) is 16.3 Å². The molecule has 88 valence electrons. The Morgan fingerprint density at radius 2 is 2.19 bits per heavy atom. The van der Waals surface area contributed by atoms with Gasteiger partial charge in [-0.25, -0.2) is 4.39 Å². The lowest BCUT2D eigenvalue weighted by atomic mass is 9.71. The standard InChI is InChI=1S/C12H13BrClFO/c13-7-12(4-1-5-12)8-16-9-2-3-10(14)11(15)6-9/h2-3,6H,1,4-5,7-8H2. The van der Waals surface area contributed by atoms with Gasteiger partial charge in [0.15, 0.2) is 0 Å². The molecule has 16 heavy (non-hydrogen) atoms. The highest BCUT2D eigenvalue weighted by atomic mass is 79.9. The smallest absolute Gasteiger partial charge is 0.145 e. The van der Waals surface area contributed by atoms with Crippen LogP contribution in [0.5, 0.6) is 5.75 Å². The second kappa shape index (κ2) is 4.92. The molecule has 0 aromatic heterocycles. The summed E-state index contributed by atoms with van der Waals surface area (Å²) in [6, 6.07) is 4.56. The highest BCUT2D eigenvalue weighted by Gasteiger charge is 2.36. The van der Waals surface area contributed by atoms with Gasteiger partial charge in [-0.15, -0.1) is 0 Å². The molecule has 0 radical (unpaired) electrons. The highest BCUT2D eigenvalue weighted by Crippen LogP contribution is 2.42. The summed E-state index contributed by atoms with van der Waals surface area (Å²) >= 11 is 9.11. The van der Waals surface area contributed by atoms with Crippen molar-refractivity contribution in [3.8, 4) is 5.75 Å². The van der Waals surface area contributed by atoms with Crippen LogP contribution >= 0.6 is 27.5 Å². The van der Waals surface area contributed by atoms with Gasteiger partial charge < -0.3 is 4.74 Å². The Morgan fingerprint density at radius 1 is 1.44 bits per heavy atom. The van der Waals surface area contributed by atoms with E-state index in [1.807, 2.05) is 0 Å². The van der Waals surface area contributed by atoms with E-state index in [1.54, 1.807) is 6.07 Å². The fraction of sp³-hybridized carbons (Fsp3) is 0.500. The lowest BCUT2D eigenvalue weighted by Gasteiger charge is -2.39. The zero-order valence-corrected chi connectivity index (χ0v) is 11.2. The molecule has 0 bridgehead atoms. The fourth-order valence-corrected chi connectivity index (χ4v) is 2.64. The van der Waals surface area contributed by atoms with E-state index in [9.17, 15) is 4.39 Å². The maximum Gasteiger partial charge on any atom is 0.145 e. The molecule has 2 rings (SSSR count). The lowest BCUT2D eigenvalue weighted by molar-refractivity contribution is 0.0836. The third-order valence-corrected chi connectivity index (χ3v) is 4.63. The summed E-state index contributed by atoms with van der Waals surface area (Å²) in [5, 5.41) is 1.07. The van der Waals surface area contributed by atoms with Crippen LogP contribution in [0.3, 0.4) is 0 Å². The van der Waals surface area contributed by atoms with Crippen LogP contribution in [-0.4, -0.2) is 11.9 Å². The SMILES string of the molecule is Fc1cc(OCC2(CBr)CCC2)ccc1Cl. The van der Waals surface area contributed by atoms with Crippen molar-refractivity contribution in [3.63, 3.8) is 0 Å². The average molecular weight is 308 g/mol. The molecular formula is C12H13BrClFO. The second-order valence-corrected chi connectivity index (χ2v) is 5.32. The van der Waals surface area contributed by atoms with Gasteiger partial charge in [-0.3, -0.25) is 0 Å². The van der Waals surface area contributed by atoms with Crippen LogP contribution < -0.4 is 4.74 Å². The summed E-state index contributed by atoms with van der Waals surface area (Å²) in [5.74, 6) is 0.120. The van der Waals surface area contributed by atoms with Gasteiger partial charge in [-0.2, -0.15) is 0 Å².